The lowest BCUT2D eigenvalue weighted by Crippen LogP contribution is -2.42. The van der Waals surface area contributed by atoms with Crippen molar-refractivity contribution in [2.24, 2.45) is 0 Å². The Kier molecular flexibility index (Phi) is 4.23. The van der Waals surface area contributed by atoms with E-state index in [1.807, 2.05) is 4.90 Å². The van der Waals surface area contributed by atoms with E-state index in [9.17, 15) is 4.79 Å². The van der Waals surface area contributed by atoms with Crippen LogP contribution >= 0.6 is 0 Å². The molecule has 0 N–H and O–H groups in total. The van der Waals surface area contributed by atoms with Gasteiger partial charge in [-0.2, -0.15) is 5.10 Å². The van der Waals surface area contributed by atoms with E-state index in [-0.39, 0.29) is 6.04 Å². The van der Waals surface area contributed by atoms with Gasteiger partial charge < -0.3 is 9.69 Å². The average molecular weight is 248 g/mol. The van der Waals surface area contributed by atoms with Crippen LogP contribution in [0.1, 0.15) is 44.5 Å². The molecule has 0 spiro atoms. The molecule has 2 heterocycles. The van der Waals surface area contributed by atoms with Crippen LogP contribution in [-0.2, 0) is 17.6 Å². The standard InChI is InChI=1S/C13H20N4O/c1-3-11-12(4-2)15-16-13(14-11)17-8-6-5-7-10(17)9-18/h9-10H,3-8H2,1-2H3. The maximum absolute atomic E-state index is 11.1. The van der Waals surface area contributed by atoms with Crippen LogP contribution in [0.2, 0.25) is 0 Å². The molecule has 1 aromatic rings. The zero-order valence-electron chi connectivity index (χ0n) is 11.1. The molecule has 0 bridgehead atoms. The summed E-state index contributed by atoms with van der Waals surface area (Å²) < 4.78 is 0. The Morgan fingerprint density at radius 2 is 2.00 bits per heavy atom. The SMILES string of the molecule is CCc1nnc(N2CCCCC2C=O)nc1CC. The smallest absolute Gasteiger partial charge is 0.246 e. The van der Waals surface area contributed by atoms with E-state index < -0.39 is 0 Å². The van der Waals surface area contributed by atoms with Gasteiger partial charge in [-0.25, -0.2) is 4.98 Å². The van der Waals surface area contributed by atoms with Crippen molar-refractivity contribution in [2.75, 3.05) is 11.4 Å². The second kappa shape index (κ2) is 5.89. The topological polar surface area (TPSA) is 59.0 Å². The van der Waals surface area contributed by atoms with E-state index in [1.165, 1.54) is 0 Å². The fourth-order valence-corrected chi connectivity index (χ4v) is 2.40. The number of aryl methyl sites for hydroxylation is 2. The average Bonchev–Trinajstić information content (AvgIpc) is 2.46. The van der Waals surface area contributed by atoms with E-state index in [4.69, 9.17) is 0 Å². The second-order valence-electron chi connectivity index (χ2n) is 4.60. The fraction of sp³-hybridized carbons (Fsp3) is 0.692. The molecule has 0 radical (unpaired) electrons. The summed E-state index contributed by atoms with van der Waals surface area (Å²) in [6.45, 7) is 4.97. The molecule has 1 fully saturated rings. The molecule has 0 aromatic carbocycles. The van der Waals surface area contributed by atoms with Gasteiger partial charge in [0.25, 0.3) is 0 Å². The van der Waals surface area contributed by atoms with Crippen LogP contribution in [0.15, 0.2) is 0 Å². The van der Waals surface area contributed by atoms with Crippen molar-refractivity contribution in [3.05, 3.63) is 11.4 Å². The summed E-state index contributed by atoms with van der Waals surface area (Å²) in [5, 5.41) is 8.43. The van der Waals surface area contributed by atoms with Crippen molar-refractivity contribution in [1.29, 1.82) is 0 Å². The molecule has 1 unspecified atom stereocenters. The lowest BCUT2D eigenvalue weighted by atomic mass is 10.0. The quantitative estimate of drug-likeness (QED) is 0.757. The summed E-state index contributed by atoms with van der Waals surface area (Å²) in [5.41, 5.74) is 1.96. The number of hydrogen-bond acceptors (Lipinski definition) is 5. The van der Waals surface area contributed by atoms with Gasteiger partial charge in [0.05, 0.1) is 17.4 Å². The lowest BCUT2D eigenvalue weighted by molar-refractivity contribution is -0.109. The third-order valence-electron chi connectivity index (χ3n) is 3.46. The van der Waals surface area contributed by atoms with Gasteiger partial charge in [-0.3, -0.25) is 0 Å². The van der Waals surface area contributed by atoms with Crippen LogP contribution < -0.4 is 4.90 Å². The summed E-state index contributed by atoms with van der Waals surface area (Å²) >= 11 is 0. The first-order valence-electron chi connectivity index (χ1n) is 6.74. The van der Waals surface area contributed by atoms with Crippen LogP contribution in [0.5, 0.6) is 0 Å². The summed E-state index contributed by atoms with van der Waals surface area (Å²) in [7, 11) is 0. The largest absolute Gasteiger partial charge is 0.330 e. The number of aromatic nitrogens is 3. The van der Waals surface area contributed by atoms with Crippen molar-refractivity contribution < 1.29 is 4.79 Å². The Morgan fingerprint density at radius 3 is 2.67 bits per heavy atom. The maximum Gasteiger partial charge on any atom is 0.246 e. The van der Waals surface area contributed by atoms with Gasteiger partial charge in [-0.1, -0.05) is 13.8 Å². The molecule has 0 amide bonds. The predicted octanol–water partition coefficient (Wildman–Crippen LogP) is 1.55. The van der Waals surface area contributed by atoms with Gasteiger partial charge in [0.2, 0.25) is 5.95 Å². The van der Waals surface area contributed by atoms with Crippen LogP contribution in [-0.4, -0.2) is 34.1 Å². The van der Waals surface area contributed by atoms with E-state index in [1.54, 1.807) is 0 Å². The number of rotatable bonds is 4. The number of aldehydes is 1. The van der Waals surface area contributed by atoms with Crippen molar-refractivity contribution in [2.45, 2.75) is 52.0 Å². The zero-order chi connectivity index (χ0) is 13.0. The molecule has 2 rings (SSSR count). The summed E-state index contributed by atoms with van der Waals surface area (Å²) in [6, 6.07) is -0.0854. The number of nitrogens with zero attached hydrogens (tertiary/aromatic N) is 4. The molecule has 18 heavy (non-hydrogen) atoms. The first-order chi connectivity index (χ1) is 8.80. The molecular weight excluding hydrogens is 228 g/mol. The molecule has 1 aliphatic rings. The monoisotopic (exact) mass is 248 g/mol. The molecular formula is C13H20N4O. The minimum atomic E-state index is -0.0854. The van der Waals surface area contributed by atoms with Crippen LogP contribution in [0.4, 0.5) is 5.95 Å². The zero-order valence-corrected chi connectivity index (χ0v) is 11.1. The van der Waals surface area contributed by atoms with Crippen molar-refractivity contribution >= 4 is 12.2 Å². The highest BCUT2D eigenvalue weighted by Gasteiger charge is 2.24. The summed E-state index contributed by atoms with van der Waals surface area (Å²) in [6.07, 6.45) is 5.78. The molecule has 98 valence electrons. The highest BCUT2D eigenvalue weighted by Crippen LogP contribution is 2.20. The van der Waals surface area contributed by atoms with Crippen molar-refractivity contribution in [3.63, 3.8) is 0 Å². The molecule has 1 aliphatic heterocycles. The molecule has 1 saturated heterocycles. The van der Waals surface area contributed by atoms with Gasteiger partial charge in [0.1, 0.15) is 6.29 Å². The Hall–Kier alpha value is -1.52. The molecule has 5 nitrogen and oxygen atoms in total. The normalized spacial score (nSPS) is 19.9. The maximum atomic E-state index is 11.1. The molecule has 5 heteroatoms. The number of anilines is 1. The number of carbonyl (C=O) groups is 1. The Bertz CT molecular complexity index is 421. The van der Waals surface area contributed by atoms with Crippen LogP contribution in [0.25, 0.3) is 0 Å². The van der Waals surface area contributed by atoms with Crippen LogP contribution in [0, 0.1) is 0 Å². The van der Waals surface area contributed by atoms with Gasteiger partial charge in [0, 0.05) is 6.54 Å². The number of hydrogen-bond donors (Lipinski definition) is 0. The number of piperidine rings is 1. The van der Waals surface area contributed by atoms with Gasteiger partial charge in [-0.15, -0.1) is 5.10 Å². The highest BCUT2D eigenvalue weighted by atomic mass is 16.1. The third-order valence-corrected chi connectivity index (χ3v) is 3.46. The molecule has 1 atom stereocenters. The Labute approximate surface area is 108 Å². The lowest BCUT2D eigenvalue weighted by Gasteiger charge is -2.32. The van der Waals surface area contributed by atoms with Gasteiger partial charge in [0.15, 0.2) is 0 Å². The van der Waals surface area contributed by atoms with E-state index in [0.29, 0.717) is 5.95 Å². The van der Waals surface area contributed by atoms with E-state index in [0.717, 1.165) is 56.3 Å². The summed E-state index contributed by atoms with van der Waals surface area (Å²) in [4.78, 5) is 17.7. The fourth-order valence-electron chi connectivity index (χ4n) is 2.40. The first-order valence-corrected chi connectivity index (χ1v) is 6.74. The number of carbonyl (C=O) groups excluding carboxylic acids is 1. The summed E-state index contributed by atoms with van der Waals surface area (Å²) in [5.74, 6) is 0.612. The minimum absolute atomic E-state index is 0.0854. The van der Waals surface area contributed by atoms with Crippen molar-refractivity contribution in [1.82, 2.24) is 15.2 Å². The van der Waals surface area contributed by atoms with E-state index >= 15 is 0 Å². The highest BCUT2D eigenvalue weighted by molar-refractivity contribution is 5.64. The van der Waals surface area contributed by atoms with Gasteiger partial charge >= 0.3 is 0 Å². The minimum Gasteiger partial charge on any atom is -0.330 e. The third kappa shape index (κ3) is 2.49. The van der Waals surface area contributed by atoms with Crippen molar-refractivity contribution in [3.8, 4) is 0 Å². The van der Waals surface area contributed by atoms with E-state index in [2.05, 4.69) is 29.0 Å². The second-order valence-corrected chi connectivity index (χ2v) is 4.60. The van der Waals surface area contributed by atoms with Gasteiger partial charge in [-0.05, 0) is 32.1 Å². The Morgan fingerprint density at radius 1 is 1.22 bits per heavy atom. The predicted molar refractivity (Wildman–Crippen MR) is 69.6 cm³/mol. The molecule has 0 aliphatic carbocycles. The molecule has 1 aromatic heterocycles. The molecule has 0 saturated carbocycles. The first kappa shape index (κ1) is 12.9. The van der Waals surface area contributed by atoms with Crippen LogP contribution in [0.3, 0.4) is 0 Å². The Balaban J connectivity index is 2.28.